The highest BCUT2D eigenvalue weighted by molar-refractivity contribution is 5.78. The summed E-state index contributed by atoms with van der Waals surface area (Å²) < 4.78 is 16.0. The van der Waals surface area contributed by atoms with Gasteiger partial charge in [0.1, 0.15) is 11.8 Å². The molecule has 1 aromatic rings. The van der Waals surface area contributed by atoms with Crippen LogP contribution in [0.2, 0.25) is 0 Å². The van der Waals surface area contributed by atoms with Crippen molar-refractivity contribution >= 4 is 11.9 Å². The van der Waals surface area contributed by atoms with Crippen LogP contribution >= 0.6 is 0 Å². The van der Waals surface area contributed by atoms with E-state index in [-0.39, 0.29) is 23.9 Å². The van der Waals surface area contributed by atoms with E-state index in [1.807, 2.05) is 38.1 Å². The lowest BCUT2D eigenvalue weighted by atomic mass is 9.73. The number of esters is 2. The topological polar surface area (TPSA) is 89.1 Å². The molecule has 2 saturated heterocycles. The zero-order valence-electron chi connectivity index (χ0n) is 18.8. The third kappa shape index (κ3) is 5.75. The zero-order valence-corrected chi connectivity index (χ0v) is 18.8. The first-order valence-corrected chi connectivity index (χ1v) is 11.2. The fraction of sp³-hybridized carbons (Fsp3) is 0.652. The molecule has 0 radical (unpaired) electrons. The van der Waals surface area contributed by atoms with Crippen LogP contribution in [0.25, 0.3) is 0 Å². The molecular weight excluding hydrogens is 398 g/mol. The number of methoxy groups -OCH3 is 1. The second kappa shape index (κ2) is 10.9. The van der Waals surface area contributed by atoms with Gasteiger partial charge in [-0.2, -0.15) is 0 Å². The predicted octanol–water partition coefficient (Wildman–Crippen LogP) is 1.54. The van der Waals surface area contributed by atoms with Crippen LogP contribution in [-0.4, -0.2) is 69.4 Å². The van der Waals surface area contributed by atoms with Crippen LogP contribution < -0.4 is 15.6 Å². The Morgan fingerprint density at radius 2 is 1.90 bits per heavy atom. The first-order chi connectivity index (χ1) is 15.0. The van der Waals surface area contributed by atoms with Crippen LogP contribution in [0, 0.1) is 11.3 Å². The van der Waals surface area contributed by atoms with Crippen LogP contribution in [0.3, 0.4) is 0 Å². The molecule has 2 unspecified atom stereocenters. The summed E-state index contributed by atoms with van der Waals surface area (Å²) in [6.45, 7) is 7.49. The minimum Gasteiger partial charge on any atom is -0.497 e. The van der Waals surface area contributed by atoms with Gasteiger partial charge < -0.3 is 19.1 Å². The highest BCUT2D eigenvalue weighted by atomic mass is 16.5. The number of ether oxygens (including phenoxy) is 3. The third-order valence-electron chi connectivity index (χ3n) is 6.32. The lowest BCUT2D eigenvalue weighted by molar-refractivity contribution is -0.158. The smallest absolute Gasteiger partial charge is 0.324 e. The summed E-state index contributed by atoms with van der Waals surface area (Å²) in [5.74, 6) is 0.590. The predicted molar refractivity (Wildman–Crippen MR) is 116 cm³/mol. The SMILES string of the molecule is CCOC(=O)C1NNCC1CN1CCC(Cc2cccc(OC)c2)(C(=O)OCC)CC1. The number of nitrogens with zero attached hydrogens (tertiary/aromatic N) is 1. The van der Waals surface area contributed by atoms with Gasteiger partial charge in [0, 0.05) is 19.0 Å². The van der Waals surface area contributed by atoms with E-state index >= 15 is 0 Å². The van der Waals surface area contributed by atoms with Gasteiger partial charge in [-0.15, -0.1) is 0 Å². The molecule has 172 valence electrons. The number of hydrogen-bond donors (Lipinski definition) is 2. The molecule has 2 aliphatic rings. The third-order valence-corrected chi connectivity index (χ3v) is 6.32. The monoisotopic (exact) mass is 433 g/mol. The van der Waals surface area contributed by atoms with Crippen molar-refractivity contribution in [3.63, 3.8) is 0 Å². The molecule has 0 saturated carbocycles. The van der Waals surface area contributed by atoms with Gasteiger partial charge in [0.05, 0.1) is 25.7 Å². The molecule has 0 amide bonds. The quantitative estimate of drug-likeness (QED) is 0.567. The van der Waals surface area contributed by atoms with Gasteiger partial charge in [-0.3, -0.25) is 15.0 Å². The normalized spacial score (nSPS) is 23.3. The Balaban J connectivity index is 1.65. The van der Waals surface area contributed by atoms with Gasteiger partial charge in [-0.1, -0.05) is 12.1 Å². The molecule has 1 aromatic carbocycles. The minimum absolute atomic E-state index is 0.119. The van der Waals surface area contributed by atoms with Gasteiger partial charge >= 0.3 is 11.9 Å². The standard InChI is InChI=1S/C23H35N3O5/c1-4-30-21(27)20-18(15-24-25-20)16-26-11-9-23(10-12-26,22(28)31-5-2)14-17-7-6-8-19(13-17)29-3/h6-8,13,18,20,24-25H,4-5,9-12,14-16H2,1-3H3. The number of piperidine rings is 1. The van der Waals surface area contributed by atoms with E-state index in [9.17, 15) is 9.59 Å². The molecule has 8 nitrogen and oxygen atoms in total. The lowest BCUT2D eigenvalue weighted by Gasteiger charge is -2.41. The molecule has 2 N–H and O–H groups in total. The van der Waals surface area contributed by atoms with Crippen molar-refractivity contribution in [2.24, 2.45) is 11.3 Å². The first-order valence-electron chi connectivity index (χ1n) is 11.2. The minimum atomic E-state index is -0.536. The van der Waals surface area contributed by atoms with Gasteiger partial charge in [0.25, 0.3) is 0 Å². The fourth-order valence-corrected chi connectivity index (χ4v) is 4.59. The zero-order chi connectivity index (χ0) is 22.3. The average molecular weight is 434 g/mol. The first kappa shape index (κ1) is 23.5. The van der Waals surface area contributed by atoms with E-state index in [0.717, 1.165) is 43.8 Å². The van der Waals surface area contributed by atoms with E-state index in [4.69, 9.17) is 14.2 Å². The van der Waals surface area contributed by atoms with Gasteiger partial charge in [-0.05, 0) is 63.9 Å². The van der Waals surface area contributed by atoms with Crippen LogP contribution in [0.4, 0.5) is 0 Å². The lowest BCUT2D eigenvalue weighted by Crippen LogP contribution is -2.49. The molecular formula is C23H35N3O5. The molecule has 31 heavy (non-hydrogen) atoms. The van der Waals surface area contributed by atoms with Crippen molar-refractivity contribution < 1.29 is 23.8 Å². The number of hydrazine groups is 1. The summed E-state index contributed by atoms with van der Waals surface area (Å²) in [5.41, 5.74) is 6.66. The second-order valence-corrected chi connectivity index (χ2v) is 8.34. The number of nitrogens with one attached hydrogen (secondary N) is 2. The van der Waals surface area contributed by atoms with Gasteiger partial charge in [0.2, 0.25) is 0 Å². The van der Waals surface area contributed by atoms with Crippen LogP contribution in [0.1, 0.15) is 32.3 Å². The molecule has 2 heterocycles. The molecule has 0 aromatic heterocycles. The van der Waals surface area contributed by atoms with E-state index in [1.165, 1.54) is 0 Å². The van der Waals surface area contributed by atoms with Crippen LogP contribution in [0.15, 0.2) is 24.3 Å². The van der Waals surface area contributed by atoms with Crippen LogP contribution in [-0.2, 0) is 25.5 Å². The second-order valence-electron chi connectivity index (χ2n) is 8.34. The molecule has 0 spiro atoms. The summed E-state index contributed by atoms with van der Waals surface area (Å²) in [6.07, 6.45) is 2.08. The van der Waals surface area contributed by atoms with E-state index in [2.05, 4.69) is 15.8 Å². The molecule has 2 aliphatic heterocycles. The van der Waals surface area contributed by atoms with Crippen molar-refractivity contribution in [3.05, 3.63) is 29.8 Å². The Labute approximate surface area is 184 Å². The Bertz CT molecular complexity index is 748. The number of likely N-dealkylation sites (tertiary alicyclic amines) is 1. The Morgan fingerprint density at radius 1 is 1.16 bits per heavy atom. The van der Waals surface area contributed by atoms with E-state index in [1.54, 1.807) is 7.11 Å². The maximum absolute atomic E-state index is 13.0. The van der Waals surface area contributed by atoms with Crippen molar-refractivity contribution in [3.8, 4) is 5.75 Å². The van der Waals surface area contributed by atoms with Crippen molar-refractivity contribution in [1.29, 1.82) is 0 Å². The van der Waals surface area contributed by atoms with Crippen LogP contribution in [0.5, 0.6) is 5.75 Å². The van der Waals surface area contributed by atoms with Crippen molar-refractivity contribution in [2.75, 3.05) is 46.5 Å². The summed E-state index contributed by atoms with van der Waals surface area (Å²) >= 11 is 0. The number of carbonyl (C=O) groups excluding carboxylic acids is 2. The molecule has 8 heteroatoms. The Kier molecular flexibility index (Phi) is 8.28. The Morgan fingerprint density at radius 3 is 2.58 bits per heavy atom. The summed E-state index contributed by atoms with van der Waals surface area (Å²) in [6, 6.07) is 7.56. The number of rotatable bonds is 9. The summed E-state index contributed by atoms with van der Waals surface area (Å²) in [5, 5.41) is 0. The van der Waals surface area contributed by atoms with Gasteiger partial charge in [-0.25, -0.2) is 5.43 Å². The van der Waals surface area contributed by atoms with E-state index < -0.39 is 5.41 Å². The maximum atomic E-state index is 13.0. The maximum Gasteiger partial charge on any atom is 0.324 e. The fourth-order valence-electron chi connectivity index (χ4n) is 4.59. The van der Waals surface area contributed by atoms with Crippen molar-refractivity contribution in [2.45, 2.75) is 39.2 Å². The number of benzene rings is 1. The average Bonchev–Trinajstić information content (AvgIpc) is 3.24. The summed E-state index contributed by atoms with van der Waals surface area (Å²) in [4.78, 5) is 27.5. The van der Waals surface area contributed by atoms with E-state index in [0.29, 0.717) is 26.2 Å². The molecule has 0 bridgehead atoms. The molecule has 0 aliphatic carbocycles. The molecule has 2 fully saturated rings. The number of hydrogen-bond acceptors (Lipinski definition) is 8. The largest absolute Gasteiger partial charge is 0.497 e. The molecule has 2 atom stereocenters. The summed E-state index contributed by atoms with van der Waals surface area (Å²) in [7, 11) is 1.65. The Hall–Kier alpha value is -2.16. The van der Waals surface area contributed by atoms with Gasteiger partial charge in [0.15, 0.2) is 0 Å². The number of carbonyl (C=O) groups is 2. The highest BCUT2D eigenvalue weighted by Gasteiger charge is 2.44. The molecule has 3 rings (SSSR count). The highest BCUT2D eigenvalue weighted by Crippen LogP contribution is 2.37. The van der Waals surface area contributed by atoms with Crippen molar-refractivity contribution in [1.82, 2.24) is 15.8 Å².